The van der Waals surface area contributed by atoms with Gasteiger partial charge < -0.3 is 33.9 Å². The number of hydrogen-bond acceptors (Lipinski definition) is 9. The van der Waals surface area contributed by atoms with Gasteiger partial charge in [0.15, 0.2) is 24.1 Å². The Kier molecular flexibility index (Phi) is 6.79. The van der Waals surface area contributed by atoms with Crippen molar-refractivity contribution in [2.75, 3.05) is 20.8 Å². The van der Waals surface area contributed by atoms with Gasteiger partial charge in [0.1, 0.15) is 11.5 Å². The average molecular weight is 432 g/mol. The molecule has 4 atom stereocenters. The van der Waals surface area contributed by atoms with Crippen LogP contribution in [0.25, 0.3) is 0 Å². The van der Waals surface area contributed by atoms with E-state index < -0.39 is 36.0 Å². The Morgan fingerprint density at radius 3 is 2.45 bits per heavy atom. The molecule has 0 amide bonds. The topological polar surface area (TPSA) is 121 Å². The molecule has 2 aromatic rings. The fraction of sp³-hybridized carbons (Fsp3) is 0.364. The third-order valence-electron chi connectivity index (χ3n) is 4.90. The molecule has 2 N–H and O–H groups in total. The van der Waals surface area contributed by atoms with Gasteiger partial charge in [0.05, 0.1) is 26.4 Å². The maximum Gasteiger partial charge on any atom is 0.342 e. The van der Waals surface area contributed by atoms with Crippen LogP contribution in [0.3, 0.4) is 0 Å². The zero-order chi connectivity index (χ0) is 22.6. The standard InChI is InChI=1S/C22H24O9/c1-22(26)18(31-20(24)14-7-5-9-16(11-14)28-3)17(30-21(22)25)12-29-19(23)13-6-4-8-15(10-13)27-2/h4-11,17-19,23,26H,12H2,1-3H3/t17-,18-,19?,22+/m1/s1. The Hall–Kier alpha value is -3.14. The molecule has 1 saturated heterocycles. The Morgan fingerprint density at radius 2 is 1.77 bits per heavy atom. The molecule has 1 aliphatic heterocycles. The normalized spacial score (nSPS) is 23.7. The van der Waals surface area contributed by atoms with Crippen molar-refractivity contribution in [2.24, 2.45) is 0 Å². The summed E-state index contributed by atoms with van der Waals surface area (Å²) < 4.78 is 26.1. The summed E-state index contributed by atoms with van der Waals surface area (Å²) in [6.07, 6.45) is -3.83. The Morgan fingerprint density at radius 1 is 1.13 bits per heavy atom. The number of cyclic esters (lactones) is 1. The van der Waals surface area contributed by atoms with Crippen LogP contribution in [-0.2, 0) is 19.0 Å². The number of hydrogen-bond donors (Lipinski definition) is 2. The van der Waals surface area contributed by atoms with Gasteiger partial charge in [-0.15, -0.1) is 0 Å². The zero-order valence-electron chi connectivity index (χ0n) is 17.3. The van der Waals surface area contributed by atoms with Crippen LogP contribution in [0.2, 0.25) is 0 Å². The molecule has 166 valence electrons. The molecule has 0 saturated carbocycles. The van der Waals surface area contributed by atoms with E-state index in [9.17, 15) is 19.8 Å². The Bertz CT molecular complexity index is 940. The SMILES string of the molecule is COc1cccc(C(=O)O[C@@H]2[C@@H](COC(O)c3cccc(OC)c3)OC(=O)[C@@]2(C)O)c1. The molecular formula is C22H24O9. The molecule has 1 unspecified atom stereocenters. The summed E-state index contributed by atoms with van der Waals surface area (Å²) in [6, 6.07) is 12.8. The molecule has 1 aliphatic rings. The molecule has 1 heterocycles. The molecule has 0 radical (unpaired) electrons. The third kappa shape index (κ3) is 4.96. The van der Waals surface area contributed by atoms with Gasteiger partial charge in [0.2, 0.25) is 0 Å². The van der Waals surface area contributed by atoms with Gasteiger partial charge in [-0.25, -0.2) is 9.59 Å². The van der Waals surface area contributed by atoms with Gasteiger partial charge >= 0.3 is 11.9 Å². The van der Waals surface area contributed by atoms with Gasteiger partial charge in [-0.05, 0) is 37.3 Å². The molecule has 0 aliphatic carbocycles. The first-order chi connectivity index (χ1) is 14.8. The number of ether oxygens (including phenoxy) is 5. The van der Waals surface area contributed by atoms with Crippen molar-refractivity contribution < 1.29 is 43.5 Å². The van der Waals surface area contributed by atoms with E-state index in [-0.39, 0.29) is 12.2 Å². The van der Waals surface area contributed by atoms with Crippen LogP contribution >= 0.6 is 0 Å². The molecule has 2 aromatic carbocycles. The molecule has 9 heteroatoms. The van der Waals surface area contributed by atoms with Crippen molar-refractivity contribution >= 4 is 11.9 Å². The van der Waals surface area contributed by atoms with Crippen molar-refractivity contribution in [3.8, 4) is 11.5 Å². The zero-order valence-corrected chi connectivity index (χ0v) is 17.3. The minimum Gasteiger partial charge on any atom is -0.497 e. The van der Waals surface area contributed by atoms with E-state index in [0.29, 0.717) is 17.1 Å². The van der Waals surface area contributed by atoms with Crippen LogP contribution in [0.1, 0.15) is 29.1 Å². The molecule has 0 spiro atoms. The molecule has 0 bridgehead atoms. The number of benzene rings is 2. The van der Waals surface area contributed by atoms with E-state index >= 15 is 0 Å². The number of rotatable bonds is 8. The second-order valence-corrected chi connectivity index (χ2v) is 7.11. The lowest BCUT2D eigenvalue weighted by molar-refractivity contribution is -0.160. The first-order valence-corrected chi connectivity index (χ1v) is 9.48. The lowest BCUT2D eigenvalue weighted by atomic mass is 9.98. The highest BCUT2D eigenvalue weighted by Crippen LogP contribution is 2.31. The van der Waals surface area contributed by atoms with Crippen LogP contribution in [0.4, 0.5) is 0 Å². The smallest absolute Gasteiger partial charge is 0.342 e. The quantitative estimate of drug-likeness (QED) is 0.473. The largest absolute Gasteiger partial charge is 0.497 e. The summed E-state index contributed by atoms with van der Waals surface area (Å²) in [4.78, 5) is 24.7. The molecular weight excluding hydrogens is 408 g/mol. The van der Waals surface area contributed by atoms with Crippen LogP contribution in [-0.4, -0.2) is 60.8 Å². The van der Waals surface area contributed by atoms with Crippen molar-refractivity contribution in [1.29, 1.82) is 0 Å². The monoisotopic (exact) mass is 432 g/mol. The fourth-order valence-electron chi connectivity index (χ4n) is 3.12. The number of esters is 2. The minimum absolute atomic E-state index is 0.172. The fourth-order valence-corrected chi connectivity index (χ4v) is 3.12. The van der Waals surface area contributed by atoms with Crippen LogP contribution in [0.5, 0.6) is 11.5 Å². The maximum absolute atomic E-state index is 12.6. The van der Waals surface area contributed by atoms with Crippen molar-refractivity contribution in [3.05, 3.63) is 59.7 Å². The molecule has 9 nitrogen and oxygen atoms in total. The molecule has 3 rings (SSSR count). The maximum atomic E-state index is 12.6. The van der Waals surface area contributed by atoms with E-state index in [2.05, 4.69) is 0 Å². The summed E-state index contributed by atoms with van der Waals surface area (Å²) in [5, 5.41) is 20.8. The van der Waals surface area contributed by atoms with E-state index in [4.69, 9.17) is 23.7 Å². The Labute approximate surface area is 179 Å². The summed E-state index contributed by atoms with van der Waals surface area (Å²) in [5.41, 5.74) is -1.49. The number of methoxy groups -OCH3 is 2. The number of carbonyl (C=O) groups excluding carboxylic acids is 2. The second-order valence-electron chi connectivity index (χ2n) is 7.11. The molecule has 31 heavy (non-hydrogen) atoms. The molecule has 1 fully saturated rings. The average Bonchev–Trinajstić information content (AvgIpc) is 3.00. The number of carbonyl (C=O) groups is 2. The van der Waals surface area contributed by atoms with Crippen molar-refractivity contribution in [2.45, 2.75) is 31.0 Å². The van der Waals surface area contributed by atoms with Crippen LogP contribution in [0, 0.1) is 0 Å². The third-order valence-corrected chi connectivity index (χ3v) is 4.90. The summed E-state index contributed by atoms with van der Waals surface area (Å²) in [7, 11) is 2.95. The van der Waals surface area contributed by atoms with Crippen molar-refractivity contribution in [1.82, 2.24) is 0 Å². The highest BCUT2D eigenvalue weighted by molar-refractivity contribution is 5.91. The van der Waals surface area contributed by atoms with Gasteiger partial charge in [-0.1, -0.05) is 18.2 Å². The lowest BCUT2D eigenvalue weighted by Crippen LogP contribution is -2.47. The highest BCUT2D eigenvalue weighted by Gasteiger charge is 2.56. The summed E-state index contributed by atoms with van der Waals surface area (Å²) >= 11 is 0. The van der Waals surface area contributed by atoms with Gasteiger partial charge in [0, 0.05) is 5.56 Å². The second kappa shape index (κ2) is 9.34. The van der Waals surface area contributed by atoms with Crippen molar-refractivity contribution in [3.63, 3.8) is 0 Å². The first kappa shape index (κ1) is 22.5. The summed E-state index contributed by atoms with van der Waals surface area (Å²) in [5.74, 6) is -0.761. The predicted molar refractivity (Wildman–Crippen MR) is 107 cm³/mol. The first-order valence-electron chi connectivity index (χ1n) is 9.48. The number of aliphatic hydroxyl groups excluding tert-OH is 1. The van der Waals surface area contributed by atoms with Crippen LogP contribution in [0.15, 0.2) is 48.5 Å². The lowest BCUT2D eigenvalue weighted by Gasteiger charge is -2.25. The molecule has 0 aromatic heterocycles. The Balaban J connectivity index is 1.71. The highest BCUT2D eigenvalue weighted by atomic mass is 16.7. The van der Waals surface area contributed by atoms with Gasteiger partial charge in [-0.2, -0.15) is 0 Å². The summed E-state index contributed by atoms with van der Waals surface area (Å²) in [6.45, 7) is 0.869. The van der Waals surface area contributed by atoms with Gasteiger partial charge in [-0.3, -0.25) is 0 Å². The van der Waals surface area contributed by atoms with E-state index in [1.165, 1.54) is 33.3 Å². The van der Waals surface area contributed by atoms with E-state index in [1.54, 1.807) is 36.4 Å². The van der Waals surface area contributed by atoms with Crippen LogP contribution < -0.4 is 9.47 Å². The number of aliphatic hydroxyl groups is 2. The minimum atomic E-state index is -2.08. The van der Waals surface area contributed by atoms with E-state index in [0.717, 1.165) is 0 Å². The predicted octanol–water partition coefficient (Wildman–Crippen LogP) is 1.61. The van der Waals surface area contributed by atoms with Gasteiger partial charge in [0.25, 0.3) is 0 Å². The van der Waals surface area contributed by atoms with E-state index in [1.807, 2.05) is 0 Å².